The Morgan fingerprint density at radius 3 is 2.64 bits per heavy atom. The summed E-state index contributed by atoms with van der Waals surface area (Å²) in [5.74, 6) is 1.60. The SMILES string of the molecule is CCNC(=NCc1oc2ccccc2c1C)NC1CCN(CC(F)F)CC1.I. The number of guanidine groups is 1. The summed E-state index contributed by atoms with van der Waals surface area (Å²) in [4.78, 5) is 6.49. The first-order valence-electron chi connectivity index (χ1n) is 9.59. The van der Waals surface area contributed by atoms with E-state index in [1.165, 1.54) is 0 Å². The van der Waals surface area contributed by atoms with Gasteiger partial charge in [0.1, 0.15) is 17.9 Å². The van der Waals surface area contributed by atoms with Crippen LogP contribution in [-0.4, -0.2) is 49.5 Å². The lowest BCUT2D eigenvalue weighted by Crippen LogP contribution is -2.49. The molecule has 8 heteroatoms. The van der Waals surface area contributed by atoms with Crippen molar-refractivity contribution < 1.29 is 13.2 Å². The third-order valence-corrected chi connectivity index (χ3v) is 4.99. The van der Waals surface area contributed by atoms with Crippen LogP contribution >= 0.6 is 24.0 Å². The van der Waals surface area contributed by atoms with E-state index in [0.29, 0.717) is 19.6 Å². The second-order valence-corrected chi connectivity index (χ2v) is 6.95. The van der Waals surface area contributed by atoms with Crippen molar-refractivity contribution in [2.24, 2.45) is 4.99 Å². The minimum Gasteiger partial charge on any atom is -0.459 e. The first-order chi connectivity index (χ1) is 13.1. The Hall–Kier alpha value is -1.42. The average Bonchev–Trinajstić information content (AvgIpc) is 2.97. The van der Waals surface area contributed by atoms with Gasteiger partial charge in [0.2, 0.25) is 0 Å². The number of rotatable bonds is 6. The first-order valence-corrected chi connectivity index (χ1v) is 9.59. The maximum absolute atomic E-state index is 12.5. The van der Waals surface area contributed by atoms with Gasteiger partial charge in [-0.15, -0.1) is 24.0 Å². The van der Waals surface area contributed by atoms with E-state index in [4.69, 9.17) is 4.42 Å². The van der Waals surface area contributed by atoms with E-state index in [1.807, 2.05) is 30.0 Å². The van der Waals surface area contributed by atoms with E-state index in [2.05, 4.69) is 28.6 Å². The number of nitrogens with zero attached hydrogens (tertiary/aromatic N) is 2. The number of aliphatic imine (C=N–C) groups is 1. The summed E-state index contributed by atoms with van der Waals surface area (Å²) in [7, 11) is 0. The highest BCUT2D eigenvalue weighted by Gasteiger charge is 2.22. The Bertz CT molecular complexity index is 773. The number of furan rings is 1. The minimum absolute atomic E-state index is 0. The molecule has 28 heavy (non-hydrogen) atoms. The molecule has 0 spiro atoms. The summed E-state index contributed by atoms with van der Waals surface area (Å²) < 4.78 is 30.9. The van der Waals surface area contributed by atoms with E-state index < -0.39 is 6.43 Å². The van der Waals surface area contributed by atoms with Crippen LogP contribution in [0.15, 0.2) is 33.7 Å². The maximum Gasteiger partial charge on any atom is 0.251 e. The lowest BCUT2D eigenvalue weighted by molar-refractivity contribution is 0.0744. The standard InChI is InChI=1S/C20H28F2N4O.HI/c1-3-23-20(25-15-8-10-26(11-9-15)13-19(21)22)24-12-18-14(2)16-6-4-5-7-17(16)27-18;/h4-7,15,19H,3,8-13H2,1-2H3,(H2,23,24,25);1H. The van der Waals surface area contributed by atoms with Crippen LogP contribution in [0.25, 0.3) is 11.0 Å². The molecule has 1 aromatic heterocycles. The van der Waals surface area contributed by atoms with Crippen molar-refractivity contribution in [3.05, 3.63) is 35.6 Å². The number of alkyl halides is 2. The van der Waals surface area contributed by atoms with Crippen molar-refractivity contribution >= 4 is 40.9 Å². The van der Waals surface area contributed by atoms with Gasteiger partial charge >= 0.3 is 0 Å². The number of nitrogens with one attached hydrogen (secondary N) is 2. The molecule has 0 bridgehead atoms. The number of para-hydroxylation sites is 1. The number of likely N-dealkylation sites (tertiary alicyclic amines) is 1. The largest absolute Gasteiger partial charge is 0.459 e. The number of piperidine rings is 1. The van der Waals surface area contributed by atoms with E-state index in [-0.39, 0.29) is 36.6 Å². The lowest BCUT2D eigenvalue weighted by Gasteiger charge is -2.32. The fourth-order valence-electron chi connectivity index (χ4n) is 3.50. The predicted octanol–water partition coefficient (Wildman–Crippen LogP) is 4.14. The van der Waals surface area contributed by atoms with E-state index >= 15 is 0 Å². The summed E-state index contributed by atoms with van der Waals surface area (Å²) in [5, 5.41) is 7.82. The molecular weight excluding hydrogens is 477 g/mol. The highest BCUT2D eigenvalue weighted by molar-refractivity contribution is 14.0. The van der Waals surface area contributed by atoms with Gasteiger partial charge < -0.3 is 15.1 Å². The molecule has 0 saturated carbocycles. The fourth-order valence-corrected chi connectivity index (χ4v) is 3.50. The zero-order valence-electron chi connectivity index (χ0n) is 16.4. The number of benzene rings is 1. The molecule has 5 nitrogen and oxygen atoms in total. The van der Waals surface area contributed by atoms with Gasteiger partial charge in [-0.1, -0.05) is 18.2 Å². The number of halogens is 3. The highest BCUT2D eigenvalue weighted by Crippen LogP contribution is 2.25. The summed E-state index contributed by atoms with van der Waals surface area (Å²) in [5.41, 5.74) is 2.00. The minimum atomic E-state index is -2.26. The normalized spacial score (nSPS) is 16.4. The van der Waals surface area contributed by atoms with Crippen molar-refractivity contribution in [3.63, 3.8) is 0 Å². The van der Waals surface area contributed by atoms with Gasteiger partial charge in [0.05, 0.1) is 6.54 Å². The molecule has 0 unspecified atom stereocenters. The highest BCUT2D eigenvalue weighted by atomic mass is 127. The van der Waals surface area contributed by atoms with Gasteiger partial charge in [0.15, 0.2) is 5.96 Å². The quantitative estimate of drug-likeness (QED) is 0.352. The molecule has 3 rings (SSSR count). The number of hydrogen-bond acceptors (Lipinski definition) is 3. The van der Waals surface area contributed by atoms with Crippen molar-refractivity contribution in [2.45, 2.75) is 45.7 Å². The van der Waals surface area contributed by atoms with Crippen LogP contribution < -0.4 is 10.6 Å². The Balaban J connectivity index is 0.00000280. The Morgan fingerprint density at radius 2 is 2.00 bits per heavy atom. The van der Waals surface area contributed by atoms with Gasteiger partial charge in [0, 0.05) is 36.6 Å². The summed E-state index contributed by atoms with van der Waals surface area (Å²) in [6.45, 7) is 6.53. The third-order valence-electron chi connectivity index (χ3n) is 4.99. The van der Waals surface area contributed by atoms with Crippen LogP contribution in [0.1, 0.15) is 31.1 Å². The van der Waals surface area contributed by atoms with E-state index in [0.717, 1.165) is 47.6 Å². The topological polar surface area (TPSA) is 52.8 Å². The van der Waals surface area contributed by atoms with Crippen LogP contribution in [0.3, 0.4) is 0 Å². The molecule has 1 aromatic carbocycles. The molecule has 156 valence electrons. The summed E-state index contributed by atoms with van der Waals surface area (Å²) >= 11 is 0. The van der Waals surface area contributed by atoms with Gasteiger partial charge in [0.25, 0.3) is 6.43 Å². The first kappa shape index (κ1) is 22.9. The Morgan fingerprint density at radius 1 is 1.29 bits per heavy atom. The molecule has 1 fully saturated rings. The van der Waals surface area contributed by atoms with Gasteiger partial charge in [-0.2, -0.15) is 0 Å². The molecule has 0 aliphatic carbocycles. The van der Waals surface area contributed by atoms with Crippen molar-refractivity contribution in [2.75, 3.05) is 26.2 Å². The molecule has 1 aliphatic rings. The maximum atomic E-state index is 12.5. The molecular formula is C20H29F2IN4O. The van der Waals surface area contributed by atoms with Gasteiger partial charge in [-0.25, -0.2) is 13.8 Å². The predicted molar refractivity (Wildman–Crippen MR) is 120 cm³/mol. The van der Waals surface area contributed by atoms with Crippen molar-refractivity contribution in [1.82, 2.24) is 15.5 Å². The van der Waals surface area contributed by atoms with Gasteiger partial charge in [-0.3, -0.25) is 4.90 Å². The average molecular weight is 506 g/mol. The number of hydrogen-bond donors (Lipinski definition) is 2. The Labute approximate surface area is 182 Å². The zero-order chi connectivity index (χ0) is 19.2. The van der Waals surface area contributed by atoms with Crippen LogP contribution in [0.2, 0.25) is 0 Å². The van der Waals surface area contributed by atoms with Crippen molar-refractivity contribution in [1.29, 1.82) is 0 Å². The molecule has 0 amide bonds. The van der Waals surface area contributed by atoms with Crippen LogP contribution in [0.4, 0.5) is 8.78 Å². The van der Waals surface area contributed by atoms with Gasteiger partial charge in [-0.05, 0) is 32.8 Å². The zero-order valence-corrected chi connectivity index (χ0v) is 18.7. The summed E-state index contributed by atoms with van der Waals surface area (Å²) in [6.07, 6.45) is -0.595. The number of aryl methyl sites for hydroxylation is 1. The van der Waals surface area contributed by atoms with E-state index in [1.54, 1.807) is 0 Å². The van der Waals surface area contributed by atoms with E-state index in [9.17, 15) is 8.78 Å². The summed E-state index contributed by atoms with van der Waals surface area (Å²) in [6, 6.07) is 8.23. The second kappa shape index (κ2) is 10.9. The fraction of sp³-hybridized carbons (Fsp3) is 0.550. The van der Waals surface area contributed by atoms with Crippen LogP contribution in [0, 0.1) is 6.92 Å². The third kappa shape index (κ3) is 6.04. The molecule has 1 saturated heterocycles. The Kier molecular flexibility index (Phi) is 8.94. The molecule has 1 aliphatic heterocycles. The smallest absolute Gasteiger partial charge is 0.251 e. The molecule has 0 atom stereocenters. The molecule has 0 radical (unpaired) electrons. The number of fused-ring (bicyclic) bond motifs is 1. The molecule has 2 N–H and O–H groups in total. The van der Waals surface area contributed by atoms with Crippen LogP contribution in [0.5, 0.6) is 0 Å². The van der Waals surface area contributed by atoms with Crippen molar-refractivity contribution in [3.8, 4) is 0 Å². The lowest BCUT2D eigenvalue weighted by atomic mass is 10.1. The molecule has 2 aromatic rings. The van der Waals surface area contributed by atoms with Crippen LogP contribution in [-0.2, 0) is 6.54 Å². The second-order valence-electron chi connectivity index (χ2n) is 6.95. The molecule has 2 heterocycles. The monoisotopic (exact) mass is 506 g/mol.